The van der Waals surface area contributed by atoms with Crippen LogP contribution in [0.15, 0.2) is 103 Å². The largest absolute Gasteiger partial charge is 0.369 e. The summed E-state index contributed by atoms with van der Waals surface area (Å²) in [5, 5.41) is 2.91. The number of aromatic nitrogens is 1. The Balaban J connectivity index is 1.82. The minimum absolute atomic E-state index is 0.284. The Hall–Kier alpha value is -4.18. The highest BCUT2D eigenvalue weighted by Gasteiger charge is 2.30. The van der Waals surface area contributed by atoms with Crippen LogP contribution in [-0.4, -0.2) is 10.5 Å². The average molecular weight is 477 g/mol. The molecule has 180 valence electrons. The van der Waals surface area contributed by atoms with Gasteiger partial charge in [-0.2, -0.15) is 0 Å². The summed E-state index contributed by atoms with van der Waals surface area (Å²) in [5.74, 6) is -0.681. The van der Waals surface area contributed by atoms with Gasteiger partial charge < -0.3 is 10.3 Å². The lowest BCUT2D eigenvalue weighted by molar-refractivity contribution is -0.126. The molecular weight excluding hydrogens is 447 g/mol. The second-order valence-corrected chi connectivity index (χ2v) is 9.88. The summed E-state index contributed by atoms with van der Waals surface area (Å²) in [6, 6.07) is 31.9. The second kappa shape index (κ2) is 9.46. The van der Waals surface area contributed by atoms with Gasteiger partial charge >= 0.3 is 0 Å². The summed E-state index contributed by atoms with van der Waals surface area (Å²) in [6.45, 7) is 3.99. The molecule has 0 aliphatic carbocycles. The van der Waals surface area contributed by atoms with E-state index in [4.69, 9.17) is 5.73 Å². The summed E-state index contributed by atoms with van der Waals surface area (Å²) >= 11 is 0. The summed E-state index contributed by atoms with van der Waals surface area (Å²) in [7, 11) is 0. The van der Waals surface area contributed by atoms with Gasteiger partial charge in [-0.25, -0.2) is 4.39 Å². The lowest BCUT2D eigenvalue weighted by atomic mass is 9.92. The van der Waals surface area contributed by atoms with Gasteiger partial charge in [-0.15, -0.1) is 0 Å². The third-order valence-corrected chi connectivity index (χ3v) is 6.80. The fourth-order valence-corrected chi connectivity index (χ4v) is 4.73. The maximum absolute atomic E-state index is 16.3. The Kier molecular flexibility index (Phi) is 6.19. The van der Waals surface area contributed by atoms with Crippen LogP contribution in [0, 0.1) is 5.41 Å². The number of hydrogen-bond donors (Lipinski definition) is 1. The van der Waals surface area contributed by atoms with Crippen molar-refractivity contribution in [1.29, 1.82) is 0 Å². The molecule has 1 heterocycles. The van der Waals surface area contributed by atoms with Gasteiger partial charge in [0, 0.05) is 23.0 Å². The zero-order valence-corrected chi connectivity index (χ0v) is 20.5. The Morgan fingerprint density at radius 2 is 1.47 bits per heavy atom. The number of halogens is 1. The molecule has 3 nitrogen and oxygen atoms in total. The van der Waals surface area contributed by atoms with E-state index < -0.39 is 11.3 Å². The molecule has 0 fully saturated rings. The number of rotatable bonds is 7. The van der Waals surface area contributed by atoms with Gasteiger partial charge in [0.1, 0.15) is 5.83 Å². The third-order valence-electron chi connectivity index (χ3n) is 6.80. The summed E-state index contributed by atoms with van der Waals surface area (Å²) in [6.07, 6.45) is 2.13. The van der Waals surface area contributed by atoms with Crippen molar-refractivity contribution in [2.75, 3.05) is 0 Å². The topological polar surface area (TPSA) is 48.0 Å². The normalized spacial score (nSPS) is 12.4. The molecule has 0 atom stereocenters. The number of amides is 1. The first-order valence-electron chi connectivity index (χ1n) is 12.2. The number of hydrogen-bond acceptors (Lipinski definition) is 1. The molecule has 0 radical (unpaired) electrons. The molecule has 0 saturated carbocycles. The fraction of sp³-hybridized carbons (Fsp3) is 0.156. The predicted molar refractivity (Wildman–Crippen MR) is 147 cm³/mol. The highest BCUT2D eigenvalue weighted by Crippen LogP contribution is 2.42. The van der Waals surface area contributed by atoms with E-state index in [0.29, 0.717) is 18.5 Å². The first-order chi connectivity index (χ1) is 17.3. The Bertz CT molecular complexity index is 1580. The SMILES string of the molecule is CC(C)(Cn1c(-c2ccccc2)c(/C(F)=C/Cc2ccccc2)c2cc3ccccc3cc21)C(N)=O. The van der Waals surface area contributed by atoms with Crippen LogP contribution in [-0.2, 0) is 17.8 Å². The molecule has 0 unspecified atom stereocenters. The van der Waals surface area contributed by atoms with E-state index >= 15 is 4.39 Å². The van der Waals surface area contributed by atoms with Gasteiger partial charge in [-0.3, -0.25) is 4.79 Å². The Labute approximate surface area is 210 Å². The molecule has 1 aromatic heterocycles. The van der Waals surface area contributed by atoms with E-state index in [1.54, 1.807) is 6.08 Å². The van der Waals surface area contributed by atoms with Crippen molar-refractivity contribution in [2.24, 2.45) is 11.1 Å². The van der Waals surface area contributed by atoms with E-state index in [-0.39, 0.29) is 5.83 Å². The van der Waals surface area contributed by atoms with E-state index in [1.807, 2.05) is 92.7 Å². The second-order valence-electron chi connectivity index (χ2n) is 9.88. The zero-order chi connectivity index (χ0) is 25.3. The molecule has 5 rings (SSSR count). The van der Waals surface area contributed by atoms with Crippen LogP contribution in [0.3, 0.4) is 0 Å². The maximum Gasteiger partial charge on any atom is 0.224 e. The number of nitrogens with zero attached hydrogens (tertiary/aromatic N) is 1. The first kappa shape index (κ1) is 23.6. The van der Waals surface area contributed by atoms with Crippen molar-refractivity contribution in [3.8, 4) is 11.3 Å². The molecule has 1 amide bonds. The Morgan fingerprint density at radius 3 is 2.11 bits per heavy atom. The summed E-state index contributed by atoms with van der Waals surface area (Å²) in [5.41, 5.74) is 9.04. The van der Waals surface area contributed by atoms with Crippen LogP contribution in [0.25, 0.3) is 38.8 Å². The number of carbonyl (C=O) groups is 1. The van der Waals surface area contributed by atoms with Crippen LogP contribution in [0.5, 0.6) is 0 Å². The average Bonchev–Trinajstić information content (AvgIpc) is 3.19. The van der Waals surface area contributed by atoms with E-state index in [9.17, 15) is 4.79 Å². The fourth-order valence-electron chi connectivity index (χ4n) is 4.73. The number of carbonyl (C=O) groups excluding carboxylic acids is 1. The Morgan fingerprint density at radius 1 is 0.889 bits per heavy atom. The summed E-state index contributed by atoms with van der Waals surface area (Å²) < 4.78 is 18.3. The van der Waals surface area contributed by atoms with Crippen LogP contribution in [0.4, 0.5) is 4.39 Å². The minimum atomic E-state index is -0.831. The number of primary amides is 1. The number of fused-ring (bicyclic) bond motifs is 2. The first-order valence-corrected chi connectivity index (χ1v) is 12.2. The zero-order valence-electron chi connectivity index (χ0n) is 20.5. The highest BCUT2D eigenvalue weighted by molar-refractivity contribution is 6.06. The van der Waals surface area contributed by atoms with Crippen LogP contribution >= 0.6 is 0 Å². The van der Waals surface area contributed by atoms with E-state index in [1.165, 1.54) is 0 Å². The van der Waals surface area contributed by atoms with Gasteiger partial charge in [0.05, 0.1) is 11.1 Å². The quantitative estimate of drug-likeness (QED) is 0.259. The van der Waals surface area contributed by atoms with Crippen LogP contribution in [0.2, 0.25) is 0 Å². The lowest BCUT2D eigenvalue weighted by Crippen LogP contribution is -2.35. The van der Waals surface area contributed by atoms with E-state index in [0.717, 1.165) is 38.5 Å². The molecule has 4 aromatic carbocycles. The number of benzene rings is 4. The van der Waals surface area contributed by atoms with Gasteiger partial charge in [0.15, 0.2) is 0 Å². The maximum atomic E-state index is 16.3. The molecule has 2 N–H and O–H groups in total. The van der Waals surface area contributed by atoms with Gasteiger partial charge in [-0.1, -0.05) is 84.9 Å². The molecule has 0 spiro atoms. The van der Waals surface area contributed by atoms with Crippen molar-refractivity contribution < 1.29 is 9.18 Å². The van der Waals surface area contributed by atoms with Crippen LogP contribution in [0.1, 0.15) is 25.0 Å². The standard InChI is InChI=1S/C32H29FN2O/c1-32(2,31(34)36)21-35-28-20-25-16-10-9-15-24(25)19-26(28)29(30(35)23-13-7-4-8-14-23)27(33)18-17-22-11-5-3-6-12-22/h3-16,18-20H,17,21H2,1-2H3,(H2,34,36)/b27-18-. The molecular formula is C32H29FN2O. The van der Waals surface area contributed by atoms with Gasteiger partial charge in [0.2, 0.25) is 5.91 Å². The predicted octanol–water partition coefficient (Wildman–Crippen LogP) is 7.53. The molecule has 36 heavy (non-hydrogen) atoms. The number of nitrogens with two attached hydrogens (primary N) is 1. The smallest absolute Gasteiger partial charge is 0.224 e. The lowest BCUT2D eigenvalue weighted by Gasteiger charge is -2.24. The third kappa shape index (κ3) is 4.42. The van der Waals surface area contributed by atoms with Gasteiger partial charge in [0.25, 0.3) is 0 Å². The van der Waals surface area contributed by atoms with Crippen molar-refractivity contribution in [3.63, 3.8) is 0 Å². The van der Waals surface area contributed by atoms with Crippen molar-refractivity contribution >= 4 is 33.4 Å². The molecule has 5 aromatic rings. The molecule has 4 heteroatoms. The van der Waals surface area contributed by atoms with E-state index in [2.05, 4.69) is 22.8 Å². The molecule has 0 aliphatic heterocycles. The van der Waals surface area contributed by atoms with Crippen molar-refractivity contribution in [2.45, 2.75) is 26.8 Å². The van der Waals surface area contributed by atoms with Crippen molar-refractivity contribution in [1.82, 2.24) is 4.57 Å². The number of allylic oxidation sites excluding steroid dienone is 1. The van der Waals surface area contributed by atoms with Gasteiger partial charge in [-0.05, 0) is 60.4 Å². The van der Waals surface area contributed by atoms with Crippen molar-refractivity contribution in [3.05, 3.63) is 114 Å². The highest BCUT2D eigenvalue weighted by atomic mass is 19.1. The summed E-state index contributed by atoms with van der Waals surface area (Å²) in [4.78, 5) is 12.3. The molecule has 0 bridgehead atoms. The van der Waals surface area contributed by atoms with Crippen LogP contribution < -0.4 is 5.73 Å². The minimum Gasteiger partial charge on any atom is -0.369 e. The molecule has 0 saturated heterocycles. The molecule has 0 aliphatic rings. The monoisotopic (exact) mass is 476 g/mol.